The Morgan fingerprint density at radius 2 is 1.06 bits per heavy atom. The van der Waals surface area contributed by atoms with Crippen LogP contribution in [0.4, 0.5) is 30.7 Å². The van der Waals surface area contributed by atoms with Gasteiger partial charge in [0.2, 0.25) is 0 Å². The molecule has 0 spiro atoms. The van der Waals surface area contributed by atoms with Crippen LogP contribution in [0.5, 0.6) is 0 Å². The number of nitrogens with one attached hydrogen (secondary N) is 2. The number of rotatable bonds is 10. The molecule has 0 aromatic heterocycles. The predicted molar refractivity (Wildman–Crippen MR) is 173 cm³/mol. The molecule has 0 unspecified atom stereocenters. The van der Waals surface area contributed by atoms with Crippen molar-refractivity contribution in [2.24, 2.45) is 9.98 Å². The van der Waals surface area contributed by atoms with E-state index < -0.39 is 23.5 Å². The molecule has 0 aliphatic carbocycles. The molecule has 0 bridgehead atoms. The van der Waals surface area contributed by atoms with E-state index in [1.165, 1.54) is 59.9 Å². The molecule has 3 aromatic rings. The van der Waals surface area contributed by atoms with E-state index in [0.29, 0.717) is 64.1 Å². The number of amidine groups is 2. The third kappa shape index (κ3) is 10.6. The molecular weight excluding hydrogens is 666 g/mol. The van der Waals surface area contributed by atoms with E-state index >= 15 is 0 Å². The van der Waals surface area contributed by atoms with Gasteiger partial charge in [-0.25, -0.2) is 14.4 Å². The van der Waals surface area contributed by atoms with Crippen molar-refractivity contribution in [2.45, 2.75) is 36.7 Å². The highest BCUT2D eigenvalue weighted by atomic mass is 32.2. The molecule has 2 aliphatic rings. The van der Waals surface area contributed by atoms with Gasteiger partial charge in [-0.05, 0) is 71.5 Å². The summed E-state index contributed by atoms with van der Waals surface area (Å²) in [6.07, 6.45) is -7.48. The van der Waals surface area contributed by atoms with E-state index in [4.69, 9.17) is 0 Å². The SMILES string of the molecule is Fc1ccc(CSC2=NCN(CCc3ccc(C(F)(F)F)cc3)CN2)c(CSC2=NCN(CCc3ccc(C(F)(F)F)cc3)CN2)c1. The zero-order chi connectivity index (χ0) is 33.4. The van der Waals surface area contributed by atoms with Crippen LogP contribution in [-0.2, 0) is 36.7 Å². The second-order valence-corrected chi connectivity index (χ2v) is 13.0. The van der Waals surface area contributed by atoms with Gasteiger partial charge in [-0.15, -0.1) is 0 Å². The van der Waals surface area contributed by atoms with E-state index in [1.807, 2.05) is 0 Å². The summed E-state index contributed by atoms with van der Waals surface area (Å²) in [5, 5.41) is 8.07. The van der Waals surface area contributed by atoms with Gasteiger partial charge in [0.05, 0.1) is 37.8 Å². The van der Waals surface area contributed by atoms with Crippen LogP contribution in [0.3, 0.4) is 0 Å². The first-order valence-corrected chi connectivity index (χ1v) is 16.8. The van der Waals surface area contributed by atoms with Crippen LogP contribution in [0.25, 0.3) is 0 Å². The number of aliphatic imine (C=N–C) groups is 2. The zero-order valence-electron chi connectivity index (χ0n) is 25.2. The maximum atomic E-state index is 14.2. The second-order valence-electron chi connectivity index (χ2n) is 11.0. The molecule has 47 heavy (non-hydrogen) atoms. The van der Waals surface area contributed by atoms with Gasteiger partial charge in [-0.3, -0.25) is 9.80 Å². The summed E-state index contributed by atoms with van der Waals surface area (Å²) >= 11 is 3.01. The first-order chi connectivity index (χ1) is 22.4. The van der Waals surface area contributed by atoms with E-state index in [-0.39, 0.29) is 5.82 Å². The van der Waals surface area contributed by atoms with Crippen LogP contribution in [0, 0.1) is 5.82 Å². The smallest absolute Gasteiger partial charge is 0.352 e. The van der Waals surface area contributed by atoms with E-state index in [2.05, 4.69) is 30.4 Å². The minimum absolute atomic E-state index is 0.320. The van der Waals surface area contributed by atoms with Gasteiger partial charge in [0.25, 0.3) is 0 Å². The Morgan fingerprint density at radius 1 is 0.617 bits per heavy atom. The molecular formula is C32H33F7N6S2. The highest BCUT2D eigenvalue weighted by molar-refractivity contribution is 8.13. The number of alkyl halides is 6. The lowest BCUT2D eigenvalue weighted by atomic mass is 10.1. The average molecular weight is 699 g/mol. The minimum atomic E-state index is -4.35. The summed E-state index contributed by atoms with van der Waals surface area (Å²) in [6, 6.07) is 15.2. The summed E-state index contributed by atoms with van der Waals surface area (Å²) < 4.78 is 90.9. The van der Waals surface area contributed by atoms with Crippen molar-refractivity contribution in [2.75, 3.05) is 39.8 Å². The van der Waals surface area contributed by atoms with Crippen LogP contribution in [0.1, 0.15) is 33.4 Å². The molecule has 2 aliphatic heterocycles. The molecule has 2 N–H and O–H groups in total. The van der Waals surface area contributed by atoms with Gasteiger partial charge in [0.15, 0.2) is 10.3 Å². The number of hydrogen-bond acceptors (Lipinski definition) is 8. The largest absolute Gasteiger partial charge is 0.416 e. The van der Waals surface area contributed by atoms with E-state index in [1.54, 1.807) is 6.07 Å². The topological polar surface area (TPSA) is 55.3 Å². The van der Waals surface area contributed by atoms with Crippen LogP contribution in [0.2, 0.25) is 0 Å². The van der Waals surface area contributed by atoms with Crippen LogP contribution >= 0.6 is 23.5 Å². The number of nitrogens with zero attached hydrogens (tertiary/aromatic N) is 4. The lowest BCUT2D eigenvalue weighted by Gasteiger charge is -2.27. The van der Waals surface area contributed by atoms with E-state index in [9.17, 15) is 30.7 Å². The maximum absolute atomic E-state index is 14.2. The van der Waals surface area contributed by atoms with E-state index in [0.717, 1.165) is 56.9 Å². The molecule has 0 fully saturated rings. The molecule has 3 aromatic carbocycles. The van der Waals surface area contributed by atoms with Gasteiger partial charge in [0, 0.05) is 24.6 Å². The van der Waals surface area contributed by atoms with Gasteiger partial charge in [-0.2, -0.15) is 26.3 Å². The Bertz CT molecular complexity index is 1540. The van der Waals surface area contributed by atoms with Crippen LogP contribution in [0.15, 0.2) is 76.7 Å². The fourth-order valence-corrected chi connectivity index (χ4v) is 6.62. The summed E-state index contributed by atoms with van der Waals surface area (Å²) in [7, 11) is 0. The predicted octanol–water partition coefficient (Wildman–Crippen LogP) is 7.17. The molecule has 0 radical (unpaired) electrons. The molecule has 5 rings (SSSR count). The third-order valence-corrected chi connectivity index (χ3v) is 9.63. The Morgan fingerprint density at radius 3 is 1.47 bits per heavy atom. The second kappa shape index (κ2) is 15.8. The van der Waals surface area contributed by atoms with Crippen molar-refractivity contribution in [3.8, 4) is 0 Å². The first-order valence-electron chi connectivity index (χ1n) is 14.8. The molecule has 15 heteroatoms. The molecule has 6 nitrogen and oxygen atoms in total. The highest BCUT2D eigenvalue weighted by Crippen LogP contribution is 2.30. The summed E-state index contributed by atoms with van der Waals surface area (Å²) in [6.45, 7) is 3.31. The maximum Gasteiger partial charge on any atom is 0.416 e. The van der Waals surface area contributed by atoms with Crippen molar-refractivity contribution in [1.82, 2.24) is 20.4 Å². The number of halogens is 7. The normalized spacial score (nSPS) is 16.3. The van der Waals surface area contributed by atoms with Gasteiger partial charge in [0.1, 0.15) is 5.82 Å². The highest BCUT2D eigenvalue weighted by Gasteiger charge is 2.30. The Labute approximate surface area is 276 Å². The van der Waals surface area contributed by atoms with Crippen molar-refractivity contribution in [3.05, 3.63) is 106 Å². The van der Waals surface area contributed by atoms with Crippen molar-refractivity contribution in [3.63, 3.8) is 0 Å². The number of benzene rings is 3. The van der Waals surface area contributed by atoms with Crippen molar-refractivity contribution >= 4 is 33.9 Å². The standard InChI is InChI=1S/C32H33F7N6S2/c33-28-10-5-24(16-46-29-40-18-44(19-41-29)13-11-22-1-6-26(7-2-22)31(34,35)36)25(15-28)17-47-30-42-20-45(21-43-30)14-12-23-3-8-27(9-4-23)32(37,38)39/h1-10,15H,11-14,16-21H2,(H,40,41)(H,42,43). The monoisotopic (exact) mass is 698 g/mol. The fraction of sp³-hybridized carbons (Fsp3) is 0.375. The Kier molecular flexibility index (Phi) is 11.7. The first kappa shape index (κ1) is 35.0. The third-order valence-electron chi connectivity index (χ3n) is 7.63. The lowest BCUT2D eigenvalue weighted by Crippen LogP contribution is -2.42. The molecule has 0 atom stereocenters. The summed E-state index contributed by atoms with van der Waals surface area (Å²) in [5.41, 5.74) is 2.16. The molecule has 0 saturated carbocycles. The van der Waals surface area contributed by atoms with Crippen molar-refractivity contribution in [1.29, 1.82) is 0 Å². The summed E-state index contributed by atoms with van der Waals surface area (Å²) in [4.78, 5) is 13.3. The van der Waals surface area contributed by atoms with Crippen LogP contribution in [-0.4, -0.2) is 59.9 Å². The molecule has 0 saturated heterocycles. The average Bonchev–Trinajstić information content (AvgIpc) is 3.05. The molecule has 0 amide bonds. The van der Waals surface area contributed by atoms with Gasteiger partial charge in [-0.1, -0.05) is 53.9 Å². The van der Waals surface area contributed by atoms with Crippen molar-refractivity contribution < 1.29 is 30.7 Å². The van der Waals surface area contributed by atoms with Crippen LogP contribution < -0.4 is 10.6 Å². The Balaban J connectivity index is 1.04. The number of hydrogen-bond donors (Lipinski definition) is 2. The van der Waals surface area contributed by atoms with Gasteiger partial charge < -0.3 is 10.6 Å². The quantitative estimate of drug-likeness (QED) is 0.219. The molecule has 252 valence electrons. The summed E-state index contributed by atoms with van der Waals surface area (Å²) in [5.74, 6) is 0.785. The number of thioether (sulfide) groups is 2. The fourth-order valence-electron chi connectivity index (χ4n) is 4.85. The van der Waals surface area contributed by atoms with Gasteiger partial charge >= 0.3 is 12.4 Å². The minimum Gasteiger partial charge on any atom is -0.352 e. The lowest BCUT2D eigenvalue weighted by molar-refractivity contribution is -0.138. The molecule has 2 heterocycles. The Hall–Kier alpha value is -3.27. The zero-order valence-corrected chi connectivity index (χ0v) is 26.8.